The number of rotatable bonds is 0. The fourth-order valence-corrected chi connectivity index (χ4v) is 5.82. The normalized spacial score (nSPS) is 12.1. The third-order valence-electron chi connectivity index (χ3n) is 7.02. The number of hydrogen-bond donors (Lipinski definition) is 0. The van der Waals surface area contributed by atoms with Crippen LogP contribution < -0.4 is 0 Å². The fraction of sp³-hybridized carbons (Fsp3) is 0.293. The van der Waals surface area contributed by atoms with Gasteiger partial charge in [0.2, 0.25) is 0 Å². The summed E-state index contributed by atoms with van der Waals surface area (Å²) in [6.45, 7) is 18.2. The van der Waals surface area contributed by atoms with Crippen molar-refractivity contribution >= 4 is 49.4 Å². The first-order valence-corrected chi connectivity index (χ1v) is 18.7. The summed E-state index contributed by atoms with van der Waals surface area (Å²) in [6.07, 6.45) is 11.0. The number of aryl methyl sites for hydroxylation is 2. The summed E-state index contributed by atoms with van der Waals surface area (Å²) in [5.74, 6) is 0. The van der Waals surface area contributed by atoms with Gasteiger partial charge in [0.1, 0.15) is 0 Å². The van der Waals surface area contributed by atoms with E-state index in [0.717, 1.165) is 12.8 Å². The van der Waals surface area contributed by atoms with E-state index in [2.05, 4.69) is 153 Å². The zero-order chi connectivity index (χ0) is 32.9. The van der Waals surface area contributed by atoms with E-state index in [9.17, 15) is 0 Å². The molecule has 0 bridgehead atoms. The molecule has 230 valence electrons. The van der Waals surface area contributed by atoms with Gasteiger partial charge in [-0.1, -0.05) is 124 Å². The van der Waals surface area contributed by atoms with Crippen molar-refractivity contribution in [2.24, 2.45) is 0 Å². The van der Waals surface area contributed by atoms with Gasteiger partial charge >= 0.3 is 28.4 Å². The Labute approximate surface area is 310 Å². The van der Waals surface area contributed by atoms with Crippen molar-refractivity contribution in [2.75, 3.05) is 0 Å². The molecular weight excluding hydrogens is 837 g/mol. The quantitative estimate of drug-likeness (QED) is 0.107. The average Bonchev–Trinajstić information content (AvgIpc) is 3.65. The number of hydrogen-bond acceptors (Lipinski definition) is 0. The molecule has 4 aromatic carbocycles. The van der Waals surface area contributed by atoms with Gasteiger partial charge in [0.05, 0.1) is 0 Å². The van der Waals surface area contributed by atoms with Gasteiger partial charge in [-0.25, -0.2) is 12.2 Å². The number of allylic oxidation sites excluding steroid dienone is 4. The van der Waals surface area contributed by atoms with Gasteiger partial charge in [0.15, 0.2) is 0 Å². The molecule has 2 aliphatic rings. The third kappa shape index (κ3) is 12.4. The summed E-state index contributed by atoms with van der Waals surface area (Å²) in [7, 11) is 0. The number of halogens is 2. The minimum absolute atomic E-state index is 0.163. The second-order valence-corrected chi connectivity index (χ2v) is 15.1. The molecule has 4 aromatic rings. The van der Waals surface area contributed by atoms with Gasteiger partial charge in [-0.15, -0.1) is 23.1 Å². The molecule has 0 heterocycles. The predicted molar refractivity (Wildman–Crippen MR) is 205 cm³/mol. The van der Waals surface area contributed by atoms with Crippen molar-refractivity contribution in [2.45, 2.75) is 79.1 Å². The van der Waals surface area contributed by atoms with E-state index in [1.165, 1.54) is 75.9 Å². The summed E-state index contributed by atoms with van der Waals surface area (Å²) < 4.78 is 5.86. The molecule has 0 aliphatic heterocycles. The summed E-state index contributed by atoms with van der Waals surface area (Å²) in [5, 5.41) is 0. The van der Waals surface area contributed by atoms with Crippen molar-refractivity contribution in [3.8, 4) is 11.1 Å². The molecule has 0 spiro atoms. The van der Waals surface area contributed by atoms with E-state index in [-0.39, 0.29) is 10.8 Å². The number of fused-ring (bicyclic) bond motifs is 3. The molecule has 3 heteroatoms. The van der Waals surface area contributed by atoms with E-state index < -0.39 is 0 Å². The first kappa shape index (κ1) is 38.8. The topological polar surface area (TPSA) is 0 Å². The van der Waals surface area contributed by atoms with Crippen LogP contribution in [0, 0.1) is 45.3 Å². The Morgan fingerprint density at radius 3 is 1.59 bits per heavy atom. The SMILES string of the molecule is Cc1[c-]c2c(cc1C(C)(C)C)-c1cc(C(C)(C)C)c(C)cc1C2.Ic1cc[c-]cc1.Ic1cc[c-]cc1.[C-]1=CC=CC1.[CH2]=[Zr]. The summed E-state index contributed by atoms with van der Waals surface area (Å²) in [5.41, 5.74) is 11.6. The summed E-state index contributed by atoms with van der Waals surface area (Å²) in [4.78, 5) is 0. The molecule has 44 heavy (non-hydrogen) atoms. The minimum atomic E-state index is 0.163. The van der Waals surface area contributed by atoms with Gasteiger partial charge < -0.3 is 0 Å². The predicted octanol–water partition coefficient (Wildman–Crippen LogP) is 11.7. The molecule has 0 amide bonds. The first-order valence-electron chi connectivity index (χ1n) is 14.8. The van der Waals surface area contributed by atoms with Crippen LogP contribution in [0.25, 0.3) is 11.1 Å². The van der Waals surface area contributed by atoms with Crippen LogP contribution in [0.2, 0.25) is 0 Å². The maximum atomic E-state index is 3.69. The van der Waals surface area contributed by atoms with Crippen LogP contribution in [0.15, 0.2) is 85.0 Å². The van der Waals surface area contributed by atoms with E-state index >= 15 is 0 Å². The molecular formula is C41H44I2Zr-4. The molecule has 0 fully saturated rings. The van der Waals surface area contributed by atoms with E-state index in [4.69, 9.17) is 0 Å². The van der Waals surface area contributed by atoms with Crippen molar-refractivity contribution < 1.29 is 24.2 Å². The second kappa shape index (κ2) is 18.7. The first-order chi connectivity index (χ1) is 20.8. The Kier molecular flexibility index (Phi) is 16.4. The number of benzene rings is 4. The molecule has 0 nitrogen and oxygen atoms in total. The maximum absolute atomic E-state index is 3.69. The van der Waals surface area contributed by atoms with Crippen LogP contribution in [0.3, 0.4) is 0 Å². The van der Waals surface area contributed by atoms with Crippen molar-refractivity contribution in [3.05, 3.63) is 150 Å². The third-order valence-corrected chi connectivity index (χ3v) is 8.46. The molecule has 2 aliphatic carbocycles. The second-order valence-electron chi connectivity index (χ2n) is 12.6. The summed E-state index contributed by atoms with van der Waals surface area (Å²) >= 11 is 5.82. The van der Waals surface area contributed by atoms with E-state index in [1.807, 2.05) is 60.7 Å². The van der Waals surface area contributed by atoms with Crippen LogP contribution in [-0.4, -0.2) is 4.21 Å². The zero-order valence-electron chi connectivity index (χ0n) is 27.5. The van der Waals surface area contributed by atoms with Crippen molar-refractivity contribution in [1.82, 2.24) is 0 Å². The Balaban J connectivity index is 0.000000258. The van der Waals surface area contributed by atoms with Gasteiger partial charge in [0, 0.05) is 0 Å². The average molecular weight is 882 g/mol. The fourth-order valence-electron chi connectivity index (χ4n) is 5.10. The molecule has 0 saturated heterocycles. The van der Waals surface area contributed by atoms with Gasteiger partial charge in [-0.05, 0) is 35.4 Å². The Morgan fingerprint density at radius 1 is 0.727 bits per heavy atom. The van der Waals surface area contributed by atoms with E-state index in [1.54, 1.807) is 0 Å². The molecule has 0 saturated carbocycles. The van der Waals surface area contributed by atoms with Crippen LogP contribution in [-0.2, 0) is 41.5 Å². The Morgan fingerprint density at radius 2 is 1.23 bits per heavy atom. The van der Waals surface area contributed by atoms with Crippen LogP contribution >= 0.6 is 45.2 Å². The monoisotopic (exact) mass is 880 g/mol. The van der Waals surface area contributed by atoms with Gasteiger partial charge in [-0.2, -0.15) is 84.4 Å². The summed E-state index contributed by atoms with van der Waals surface area (Å²) in [6, 6.07) is 32.5. The van der Waals surface area contributed by atoms with Crippen molar-refractivity contribution in [1.29, 1.82) is 0 Å². The van der Waals surface area contributed by atoms with Crippen molar-refractivity contribution in [3.63, 3.8) is 0 Å². The van der Waals surface area contributed by atoms with E-state index in [0.29, 0.717) is 0 Å². The molecule has 6 rings (SSSR count). The Bertz CT molecular complexity index is 1400. The zero-order valence-corrected chi connectivity index (χ0v) is 34.2. The molecule has 0 unspecified atom stereocenters. The standard InChI is InChI=1S/C23H29.2C6H4I.C5H5.CH2.Zr/c1-14-9-16-11-17-10-15(2)21(23(6,7)8)13-19(17)18(16)12-20(14)22(3,4)5;2*7-6-4-2-1-3-5-6;1-2-4-5-3-1;;/h9,12-13H,11H2,1-8H3;2*2-5H;1-3H,4H2;1H2;/q4*-1;;. The van der Waals surface area contributed by atoms with Gasteiger partial charge in [-0.3, -0.25) is 6.08 Å². The molecule has 0 aromatic heterocycles. The Hall–Kier alpha value is -1.43. The molecule has 0 radical (unpaired) electrons. The van der Waals surface area contributed by atoms with Crippen LogP contribution in [0.5, 0.6) is 0 Å². The molecule has 0 N–H and O–H groups in total. The van der Waals surface area contributed by atoms with Crippen LogP contribution in [0.1, 0.15) is 81.3 Å². The van der Waals surface area contributed by atoms with Crippen LogP contribution in [0.4, 0.5) is 0 Å². The van der Waals surface area contributed by atoms with Gasteiger partial charge in [0.25, 0.3) is 0 Å². The molecule has 0 atom stereocenters.